The van der Waals surface area contributed by atoms with E-state index in [0.29, 0.717) is 5.69 Å². The Labute approximate surface area is 153 Å². The van der Waals surface area contributed by atoms with Crippen LogP contribution in [0.4, 0.5) is 5.69 Å². The number of amides is 2. The molecule has 0 saturated carbocycles. The van der Waals surface area contributed by atoms with Gasteiger partial charge in [-0.1, -0.05) is 18.2 Å². The van der Waals surface area contributed by atoms with Gasteiger partial charge in [0, 0.05) is 15.4 Å². The van der Waals surface area contributed by atoms with Gasteiger partial charge in [-0.05, 0) is 46.7 Å². The van der Waals surface area contributed by atoms with E-state index in [1.54, 1.807) is 24.3 Å². The van der Waals surface area contributed by atoms with Crippen LogP contribution in [0.1, 0.15) is 21.4 Å². The third kappa shape index (κ3) is 4.54. The minimum atomic E-state index is -0.707. The van der Waals surface area contributed by atoms with Crippen LogP contribution in [-0.4, -0.2) is 16.9 Å². The van der Waals surface area contributed by atoms with E-state index in [-0.39, 0.29) is 6.54 Å². The van der Waals surface area contributed by atoms with Gasteiger partial charge in [0.1, 0.15) is 6.10 Å². The lowest BCUT2D eigenvalue weighted by Crippen LogP contribution is -2.34. The van der Waals surface area contributed by atoms with Crippen molar-refractivity contribution in [2.45, 2.75) is 12.6 Å². The molecule has 0 radical (unpaired) electrons. The average molecular weight is 372 g/mol. The standard InChI is InChI=1S/C18H16N2O3S2/c21-16(12-8-9-24-11-12)15-7-6-14(25-15)10-19-17(22)18(23)20-13-4-2-1-3-5-13/h1-9,11,16,21H,10H2,(H,19,22)(H,20,23). The highest BCUT2D eigenvalue weighted by Gasteiger charge is 2.16. The van der Waals surface area contributed by atoms with Crippen molar-refractivity contribution in [1.82, 2.24) is 5.32 Å². The highest BCUT2D eigenvalue weighted by molar-refractivity contribution is 7.12. The fraction of sp³-hybridized carbons (Fsp3) is 0.111. The molecule has 0 aliphatic rings. The van der Waals surface area contributed by atoms with E-state index in [1.165, 1.54) is 22.7 Å². The van der Waals surface area contributed by atoms with Gasteiger partial charge in [-0.2, -0.15) is 11.3 Å². The van der Waals surface area contributed by atoms with Crippen LogP contribution in [0.3, 0.4) is 0 Å². The van der Waals surface area contributed by atoms with Crippen molar-refractivity contribution in [3.05, 3.63) is 74.6 Å². The number of anilines is 1. The van der Waals surface area contributed by atoms with E-state index in [9.17, 15) is 14.7 Å². The predicted octanol–water partition coefficient (Wildman–Crippen LogP) is 3.15. The second kappa shape index (κ2) is 8.06. The molecule has 0 bridgehead atoms. The van der Waals surface area contributed by atoms with E-state index in [2.05, 4.69) is 10.6 Å². The first-order valence-electron chi connectivity index (χ1n) is 7.56. The molecule has 3 aromatic rings. The van der Waals surface area contributed by atoms with Crippen LogP contribution in [0.25, 0.3) is 0 Å². The summed E-state index contributed by atoms with van der Waals surface area (Å²) in [5.74, 6) is -1.40. The molecular formula is C18H16N2O3S2. The van der Waals surface area contributed by atoms with Crippen molar-refractivity contribution in [2.75, 3.05) is 5.32 Å². The monoisotopic (exact) mass is 372 g/mol. The summed E-state index contributed by atoms with van der Waals surface area (Å²) in [5, 5.41) is 19.2. The van der Waals surface area contributed by atoms with Gasteiger partial charge in [-0.25, -0.2) is 0 Å². The van der Waals surface area contributed by atoms with Crippen LogP contribution >= 0.6 is 22.7 Å². The molecule has 25 heavy (non-hydrogen) atoms. The number of aliphatic hydroxyl groups excluding tert-OH is 1. The minimum absolute atomic E-state index is 0.238. The Bertz CT molecular complexity index is 844. The van der Waals surface area contributed by atoms with Gasteiger partial charge in [-0.3, -0.25) is 9.59 Å². The number of carbonyl (C=O) groups excluding carboxylic acids is 2. The van der Waals surface area contributed by atoms with Gasteiger partial charge in [-0.15, -0.1) is 11.3 Å². The predicted molar refractivity (Wildman–Crippen MR) is 99.6 cm³/mol. The molecule has 5 nitrogen and oxygen atoms in total. The second-order valence-corrected chi connectivity index (χ2v) is 7.25. The highest BCUT2D eigenvalue weighted by Crippen LogP contribution is 2.29. The summed E-state index contributed by atoms with van der Waals surface area (Å²) in [4.78, 5) is 25.4. The lowest BCUT2D eigenvalue weighted by Gasteiger charge is -2.06. The average Bonchev–Trinajstić information content (AvgIpc) is 3.32. The number of rotatable bonds is 5. The van der Waals surface area contributed by atoms with Gasteiger partial charge in [0.25, 0.3) is 0 Å². The maximum absolute atomic E-state index is 11.9. The fourth-order valence-electron chi connectivity index (χ4n) is 2.19. The first-order chi connectivity index (χ1) is 12.1. The molecule has 128 valence electrons. The summed E-state index contributed by atoms with van der Waals surface area (Å²) in [6.07, 6.45) is -0.665. The van der Waals surface area contributed by atoms with Gasteiger partial charge in [0.15, 0.2) is 0 Å². The minimum Gasteiger partial charge on any atom is -0.383 e. The highest BCUT2D eigenvalue weighted by atomic mass is 32.1. The Morgan fingerprint density at radius 3 is 2.56 bits per heavy atom. The van der Waals surface area contributed by atoms with Gasteiger partial charge in [0.05, 0.1) is 6.54 Å². The normalized spacial score (nSPS) is 11.7. The largest absolute Gasteiger partial charge is 0.383 e. The molecule has 0 fully saturated rings. The van der Waals surface area contributed by atoms with Crippen molar-refractivity contribution >= 4 is 40.2 Å². The Morgan fingerprint density at radius 1 is 1.04 bits per heavy atom. The molecule has 0 spiro atoms. The van der Waals surface area contributed by atoms with Crippen molar-refractivity contribution in [3.63, 3.8) is 0 Å². The third-order valence-electron chi connectivity index (χ3n) is 3.47. The van der Waals surface area contributed by atoms with E-state index < -0.39 is 17.9 Å². The van der Waals surface area contributed by atoms with Crippen LogP contribution in [0.2, 0.25) is 0 Å². The molecule has 3 N–H and O–H groups in total. The summed E-state index contributed by atoms with van der Waals surface area (Å²) in [6, 6.07) is 14.4. The first kappa shape index (κ1) is 17.3. The van der Waals surface area contributed by atoms with Gasteiger partial charge < -0.3 is 15.7 Å². The number of hydrogen-bond acceptors (Lipinski definition) is 5. The first-order valence-corrected chi connectivity index (χ1v) is 9.32. The molecule has 2 amide bonds. The molecule has 0 saturated heterocycles. The maximum Gasteiger partial charge on any atom is 0.313 e. The summed E-state index contributed by atoms with van der Waals surface area (Å²) >= 11 is 2.94. The molecule has 0 aliphatic heterocycles. The molecule has 2 aromatic heterocycles. The van der Waals surface area contributed by atoms with Crippen molar-refractivity contribution in [2.24, 2.45) is 0 Å². The number of benzene rings is 1. The molecule has 1 atom stereocenters. The zero-order valence-corrected chi connectivity index (χ0v) is 14.8. The quantitative estimate of drug-likeness (QED) is 0.602. The van der Waals surface area contributed by atoms with Crippen molar-refractivity contribution < 1.29 is 14.7 Å². The van der Waals surface area contributed by atoms with Crippen LogP contribution < -0.4 is 10.6 Å². The van der Waals surface area contributed by atoms with Crippen LogP contribution in [0.15, 0.2) is 59.3 Å². The van der Waals surface area contributed by atoms with E-state index in [4.69, 9.17) is 0 Å². The van der Waals surface area contributed by atoms with Gasteiger partial charge in [0.2, 0.25) is 0 Å². The van der Waals surface area contributed by atoms with Crippen molar-refractivity contribution in [1.29, 1.82) is 0 Å². The molecular weight excluding hydrogens is 356 g/mol. The van der Waals surface area contributed by atoms with E-state index >= 15 is 0 Å². The number of para-hydroxylation sites is 1. The lowest BCUT2D eigenvalue weighted by molar-refractivity contribution is -0.136. The molecule has 7 heteroatoms. The molecule has 2 heterocycles. The Balaban J connectivity index is 1.53. The Kier molecular flexibility index (Phi) is 5.60. The van der Waals surface area contributed by atoms with Crippen LogP contribution in [0, 0.1) is 0 Å². The number of carbonyl (C=O) groups is 2. The number of hydrogen-bond donors (Lipinski definition) is 3. The second-order valence-electron chi connectivity index (χ2n) is 5.27. The van der Waals surface area contributed by atoms with Crippen molar-refractivity contribution in [3.8, 4) is 0 Å². The topological polar surface area (TPSA) is 78.4 Å². The van der Waals surface area contributed by atoms with Crippen LogP contribution in [-0.2, 0) is 16.1 Å². The zero-order chi connectivity index (χ0) is 17.6. The Hall–Kier alpha value is -2.48. The lowest BCUT2D eigenvalue weighted by atomic mass is 10.2. The SMILES string of the molecule is O=C(NCc1ccc(C(O)c2ccsc2)s1)C(=O)Nc1ccccc1. The molecule has 3 rings (SSSR count). The molecule has 0 aliphatic carbocycles. The summed E-state index contributed by atoms with van der Waals surface area (Å²) in [5.41, 5.74) is 1.42. The Morgan fingerprint density at radius 2 is 1.84 bits per heavy atom. The third-order valence-corrected chi connectivity index (χ3v) is 5.31. The van der Waals surface area contributed by atoms with Crippen LogP contribution in [0.5, 0.6) is 0 Å². The summed E-state index contributed by atoms with van der Waals surface area (Å²) in [7, 11) is 0. The molecule has 1 aromatic carbocycles. The fourth-order valence-corrected chi connectivity index (χ4v) is 3.83. The maximum atomic E-state index is 11.9. The van der Waals surface area contributed by atoms with Gasteiger partial charge >= 0.3 is 11.8 Å². The number of thiophene rings is 2. The van der Waals surface area contributed by atoms with E-state index in [1.807, 2.05) is 35.0 Å². The molecule has 1 unspecified atom stereocenters. The van der Waals surface area contributed by atoms with E-state index in [0.717, 1.165) is 15.3 Å². The summed E-state index contributed by atoms with van der Waals surface area (Å²) in [6.45, 7) is 0.238. The zero-order valence-electron chi connectivity index (χ0n) is 13.1. The summed E-state index contributed by atoms with van der Waals surface area (Å²) < 4.78 is 0. The number of aliphatic hydroxyl groups is 1. The number of nitrogens with one attached hydrogen (secondary N) is 2. The smallest absolute Gasteiger partial charge is 0.313 e.